The molecule has 142 valence electrons. The lowest BCUT2D eigenvalue weighted by Gasteiger charge is -2.25. The van der Waals surface area contributed by atoms with E-state index in [0.29, 0.717) is 25.6 Å². The summed E-state index contributed by atoms with van der Waals surface area (Å²) in [7, 11) is 0. The van der Waals surface area contributed by atoms with E-state index in [4.69, 9.17) is 0 Å². The quantitative estimate of drug-likeness (QED) is 0.767. The van der Waals surface area contributed by atoms with Gasteiger partial charge < -0.3 is 0 Å². The van der Waals surface area contributed by atoms with Crippen LogP contribution in [0.1, 0.15) is 36.6 Å². The zero-order chi connectivity index (χ0) is 18.5. The van der Waals surface area contributed by atoms with Gasteiger partial charge in [-0.25, -0.2) is 9.07 Å². The van der Waals surface area contributed by atoms with Crippen LogP contribution in [0.3, 0.4) is 0 Å². The maximum atomic E-state index is 13.4. The van der Waals surface area contributed by atoms with Gasteiger partial charge in [0.2, 0.25) is 0 Å². The number of likely N-dealkylation sites (tertiary alicyclic amines) is 1. The molecule has 0 spiro atoms. The van der Waals surface area contributed by atoms with E-state index in [-0.39, 0.29) is 17.7 Å². The molecule has 1 saturated carbocycles. The summed E-state index contributed by atoms with van der Waals surface area (Å²) < 4.78 is 16.4. The molecule has 0 amide bonds. The predicted molar refractivity (Wildman–Crippen MR) is 98.0 cm³/mol. The Morgan fingerprint density at radius 1 is 1.11 bits per heavy atom. The number of hydrogen-bond acceptors (Lipinski definition) is 4. The van der Waals surface area contributed by atoms with Crippen molar-refractivity contribution in [3.63, 3.8) is 0 Å². The van der Waals surface area contributed by atoms with Crippen molar-refractivity contribution >= 4 is 0 Å². The SMILES string of the molecule is O=c1c(=O)n2c(nn1CC1CCC1)[C@@H]1CN(Cc3cccc(F)c3)C[C@@H]1C2. The molecule has 0 unspecified atom stereocenters. The standard InChI is InChI=1S/C20H23FN4O2/c21-16-6-2-5-14(7-16)8-23-10-15-11-24-18(17(15)12-23)22-25(20(27)19(24)26)9-13-3-1-4-13/h2,5-7,13,15,17H,1,3-4,8-12H2/t15-,17-/m1/s1. The number of rotatable bonds is 4. The van der Waals surface area contributed by atoms with Crippen molar-refractivity contribution in [1.29, 1.82) is 0 Å². The van der Waals surface area contributed by atoms with Gasteiger partial charge in [0.25, 0.3) is 0 Å². The van der Waals surface area contributed by atoms with E-state index in [1.807, 2.05) is 6.07 Å². The average molecular weight is 370 g/mol. The lowest BCUT2D eigenvalue weighted by Crippen LogP contribution is -2.45. The van der Waals surface area contributed by atoms with Crippen LogP contribution in [0.4, 0.5) is 4.39 Å². The van der Waals surface area contributed by atoms with Gasteiger partial charge >= 0.3 is 11.1 Å². The summed E-state index contributed by atoms with van der Waals surface area (Å²) in [6.07, 6.45) is 3.42. The Kier molecular flexibility index (Phi) is 4.00. The van der Waals surface area contributed by atoms with Crippen LogP contribution in [-0.2, 0) is 19.6 Å². The summed E-state index contributed by atoms with van der Waals surface area (Å²) in [5.74, 6) is 1.47. The first-order valence-corrected chi connectivity index (χ1v) is 9.77. The molecule has 2 fully saturated rings. The van der Waals surface area contributed by atoms with E-state index in [1.54, 1.807) is 16.7 Å². The van der Waals surface area contributed by atoms with Crippen molar-refractivity contribution in [3.05, 3.63) is 62.2 Å². The van der Waals surface area contributed by atoms with Crippen molar-refractivity contribution in [2.45, 2.75) is 44.8 Å². The van der Waals surface area contributed by atoms with Crippen LogP contribution in [0.2, 0.25) is 0 Å². The third kappa shape index (κ3) is 2.94. The van der Waals surface area contributed by atoms with Gasteiger partial charge in [0.05, 0.1) is 0 Å². The second-order valence-electron chi connectivity index (χ2n) is 8.25. The molecule has 1 saturated heterocycles. The fraction of sp³-hybridized carbons (Fsp3) is 0.550. The highest BCUT2D eigenvalue weighted by Gasteiger charge is 2.42. The van der Waals surface area contributed by atoms with Crippen molar-refractivity contribution in [3.8, 4) is 0 Å². The Hall–Kier alpha value is -2.28. The number of halogens is 1. The molecule has 27 heavy (non-hydrogen) atoms. The summed E-state index contributed by atoms with van der Waals surface area (Å²) in [5.41, 5.74) is 0.0444. The fourth-order valence-corrected chi connectivity index (χ4v) is 4.74. The fourth-order valence-electron chi connectivity index (χ4n) is 4.74. The minimum atomic E-state index is -0.484. The molecule has 2 aliphatic heterocycles. The third-order valence-corrected chi connectivity index (χ3v) is 6.38. The molecular weight excluding hydrogens is 347 g/mol. The number of aromatic nitrogens is 3. The third-order valence-electron chi connectivity index (χ3n) is 6.38. The molecule has 0 radical (unpaired) electrons. The van der Waals surface area contributed by atoms with Crippen LogP contribution in [-0.4, -0.2) is 32.3 Å². The second-order valence-corrected chi connectivity index (χ2v) is 8.25. The molecule has 1 aliphatic carbocycles. The lowest BCUT2D eigenvalue weighted by atomic mass is 9.85. The van der Waals surface area contributed by atoms with Gasteiger partial charge in [-0.2, -0.15) is 5.10 Å². The van der Waals surface area contributed by atoms with E-state index in [9.17, 15) is 14.0 Å². The first-order valence-electron chi connectivity index (χ1n) is 9.77. The minimum absolute atomic E-state index is 0.166. The summed E-state index contributed by atoms with van der Waals surface area (Å²) in [5, 5.41) is 4.61. The zero-order valence-corrected chi connectivity index (χ0v) is 15.2. The van der Waals surface area contributed by atoms with Crippen LogP contribution in [0.15, 0.2) is 33.9 Å². The van der Waals surface area contributed by atoms with Crippen molar-refractivity contribution < 1.29 is 4.39 Å². The molecule has 1 aromatic carbocycles. The topological polar surface area (TPSA) is 60.1 Å². The predicted octanol–water partition coefficient (Wildman–Crippen LogP) is 1.57. The van der Waals surface area contributed by atoms with Crippen molar-refractivity contribution in [2.75, 3.05) is 13.1 Å². The van der Waals surface area contributed by atoms with Gasteiger partial charge in [0, 0.05) is 44.6 Å². The van der Waals surface area contributed by atoms with Crippen LogP contribution in [0, 0.1) is 17.7 Å². The monoisotopic (exact) mass is 370 g/mol. The first-order chi connectivity index (χ1) is 13.1. The molecule has 5 rings (SSSR count). The summed E-state index contributed by atoms with van der Waals surface area (Å²) in [6.45, 7) is 3.43. The normalized spacial score (nSPS) is 24.6. The lowest BCUT2D eigenvalue weighted by molar-refractivity contribution is 0.256. The van der Waals surface area contributed by atoms with Gasteiger partial charge in [0.1, 0.15) is 11.6 Å². The van der Waals surface area contributed by atoms with Gasteiger partial charge in [-0.05, 0) is 36.5 Å². The maximum Gasteiger partial charge on any atom is 0.332 e. The average Bonchev–Trinajstić information content (AvgIpc) is 3.13. The van der Waals surface area contributed by atoms with Gasteiger partial charge in [0.15, 0.2) is 0 Å². The molecule has 2 aromatic rings. The zero-order valence-electron chi connectivity index (χ0n) is 15.2. The highest BCUT2D eigenvalue weighted by molar-refractivity contribution is 5.18. The van der Waals surface area contributed by atoms with E-state index in [2.05, 4.69) is 10.00 Å². The minimum Gasteiger partial charge on any atom is -0.298 e. The van der Waals surface area contributed by atoms with Crippen molar-refractivity contribution in [2.24, 2.45) is 11.8 Å². The smallest absolute Gasteiger partial charge is 0.298 e. The summed E-state index contributed by atoms with van der Waals surface area (Å²) in [4.78, 5) is 27.2. The molecule has 3 heterocycles. The number of nitrogens with zero attached hydrogens (tertiary/aromatic N) is 4. The first kappa shape index (κ1) is 16.9. The van der Waals surface area contributed by atoms with Crippen LogP contribution >= 0.6 is 0 Å². The number of fused-ring (bicyclic) bond motifs is 3. The Balaban J connectivity index is 1.38. The van der Waals surface area contributed by atoms with E-state index in [1.165, 1.54) is 17.2 Å². The Bertz CT molecular complexity index is 994. The molecule has 0 bridgehead atoms. The summed E-state index contributed by atoms with van der Waals surface area (Å²) in [6, 6.07) is 6.69. The highest BCUT2D eigenvalue weighted by atomic mass is 19.1. The van der Waals surface area contributed by atoms with E-state index < -0.39 is 11.1 Å². The highest BCUT2D eigenvalue weighted by Crippen LogP contribution is 2.37. The molecule has 1 aromatic heterocycles. The largest absolute Gasteiger partial charge is 0.332 e. The van der Waals surface area contributed by atoms with Crippen LogP contribution in [0.25, 0.3) is 0 Å². The number of benzene rings is 1. The van der Waals surface area contributed by atoms with E-state index in [0.717, 1.165) is 37.3 Å². The van der Waals surface area contributed by atoms with Gasteiger partial charge in [-0.3, -0.25) is 19.1 Å². The molecule has 3 aliphatic rings. The van der Waals surface area contributed by atoms with Crippen LogP contribution < -0.4 is 11.1 Å². The second kappa shape index (κ2) is 6.41. The molecular formula is C20H23FN4O2. The Morgan fingerprint density at radius 2 is 1.96 bits per heavy atom. The van der Waals surface area contributed by atoms with Gasteiger partial charge in [-0.15, -0.1) is 0 Å². The Morgan fingerprint density at radius 3 is 2.70 bits per heavy atom. The summed E-state index contributed by atoms with van der Waals surface area (Å²) >= 11 is 0. The maximum absolute atomic E-state index is 13.4. The molecule has 0 N–H and O–H groups in total. The molecule has 2 atom stereocenters. The van der Waals surface area contributed by atoms with E-state index >= 15 is 0 Å². The molecule has 6 nitrogen and oxygen atoms in total. The Labute approximate surface area is 156 Å². The van der Waals surface area contributed by atoms with Gasteiger partial charge in [-0.1, -0.05) is 18.6 Å². The van der Waals surface area contributed by atoms with Crippen LogP contribution in [0.5, 0.6) is 0 Å². The number of hydrogen-bond donors (Lipinski definition) is 0. The molecule has 7 heteroatoms. The van der Waals surface area contributed by atoms with Crippen molar-refractivity contribution in [1.82, 2.24) is 19.2 Å².